The van der Waals surface area contributed by atoms with Crippen LogP contribution in [0, 0.1) is 0 Å². The minimum absolute atomic E-state index is 0.387. The van der Waals surface area contributed by atoms with Crippen LogP contribution in [-0.2, 0) is 6.54 Å². The molecule has 3 rings (SSSR count). The van der Waals surface area contributed by atoms with Crippen molar-refractivity contribution in [3.05, 3.63) is 36.2 Å². The van der Waals surface area contributed by atoms with E-state index in [4.69, 9.17) is 9.47 Å². The molecule has 1 aliphatic heterocycles. The summed E-state index contributed by atoms with van der Waals surface area (Å²) in [5.41, 5.74) is 2.03. The van der Waals surface area contributed by atoms with Gasteiger partial charge in [0.05, 0.1) is 12.2 Å². The Morgan fingerprint density at radius 3 is 2.75 bits per heavy atom. The van der Waals surface area contributed by atoms with E-state index in [0.29, 0.717) is 25.8 Å². The zero-order chi connectivity index (χ0) is 13.9. The molecule has 0 atom stereocenters. The van der Waals surface area contributed by atoms with Gasteiger partial charge in [0, 0.05) is 24.0 Å². The Labute approximate surface area is 118 Å². The molecule has 0 saturated heterocycles. The standard InChI is InChI=1S/C15H19N3O2/c1-11(2)18-6-5-13(17-18)10-16-12-3-4-14-15(9-12)20-8-7-19-14/h3-6,9,11,16H,7-8,10H2,1-2H3. The smallest absolute Gasteiger partial charge is 0.163 e. The lowest BCUT2D eigenvalue weighted by atomic mass is 10.2. The Bertz CT molecular complexity index is 593. The highest BCUT2D eigenvalue weighted by Crippen LogP contribution is 2.32. The van der Waals surface area contributed by atoms with Crippen molar-refractivity contribution in [1.29, 1.82) is 0 Å². The molecule has 5 heteroatoms. The molecule has 2 aromatic rings. The summed E-state index contributed by atoms with van der Waals surface area (Å²) in [6.07, 6.45) is 2.01. The van der Waals surface area contributed by atoms with Gasteiger partial charge in [-0.2, -0.15) is 5.10 Å². The van der Waals surface area contributed by atoms with Crippen molar-refractivity contribution in [2.75, 3.05) is 18.5 Å². The second kappa shape index (κ2) is 5.45. The van der Waals surface area contributed by atoms with Crippen LogP contribution in [0.5, 0.6) is 11.5 Å². The molecule has 0 fully saturated rings. The Kier molecular flexibility index (Phi) is 3.50. The Morgan fingerprint density at radius 2 is 2.00 bits per heavy atom. The quantitative estimate of drug-likeness (QED) is 0.930. The maximum atomic E-state index is 5.57. The van der Waals surface area contributed by atoms with Gasteiger partial charge < -0.3 is 14.8 Å². The molecule has 0 radical (unpaired) electrons. The largest absolute Gasteiger partial charge is 0.486 e. The molecule has 0 amide bonds. The van der Waals surface area contributed by atoms with E-state index in [1.165, 1.54) is 0 Å². The molecule has 2 heterocycles. The molecule has 1 aromatic heterocycles. The number of hydrogen-bond donors (Lipinski definition) is 1. The average molecular weight is 273 g/mol. The molecule has 1 aliphatic rings. The zero-order valence-corrected chi connectivity index (χ0v) is 11.8. The first-order chi connectivity index (χ1) is 9.72. The second-order valence-corrected chi connectivity index (χ2v) is 5.09. The van der Waals surface area contributed by atoms with Crippen molar-refractivity contribution in [3.8, 4) is 11.5 Å². The summed E-state index contributed by atoms with van der Waals surface area (Å²) in [4.78, 5) is 0. The predicted octanol–water partition coefficient (Wildman–Crippen LogP) is 2.85. The monoisotopic (exact) mass is 273 g/mol. The minimum Gasteiger partial charge on any atom is -0.486 e. The van der Waals surface area contributed by atoms with Crippen LogP contribution >= 0.6 is 0 Å². The molecule has 20 heavy (non-hydrogen) atoms. The number of ether oxygens (including phenoxy) is 2. The first-order valence-corrected chi connectivity index (χ1v) is 6.90. The summed E-state index contributed by atoms with van der Waals surface area (Å²) >= 11 is 0. The molecule has 1 aromatic carbocycles. The Balaban J connectivity index is 1.65. The molecule has 5 nitrogen and oxygen atoms in total. The number of hydrogen-bond acceptors (Lipinski definition) is 4. The number of rotatable bonds is 4. The second-order valence-electron chi connectivity index (χ2n) is 5.09. The maximum absolute atomic E-state index is 5.57. The summed E-state index contributed by atoms with van der Waals surface area (Å²) in [5.74, 6) is 1.61. The number of anilines is 1. The fourth-order valence-corrected chi connectivity index (χ4v) is 2.11. The van der Waals surface area contributed by atoms with Crippen molar-refractivity contribution >= 4 is 5.69 Å². The summed E-state index contributed by atoms with van der Waals surface area (Å²) in [7, 11) is 0. The first-order valence-electron chi connectivity index (χ1n) is 6.90. The van der Waals surface area contributed by atoms with Gasteiger partial charge in [0.25, 0.3) is 0 Å². The van der Waals surface area contributed by atoms with Crippen LogP contribution < -0.4 is 14.8 Å². The third kappa shape index (κ3) is 2.71. The van der Waals surface area contributed by atoms with Crippen molar-refractivity contribution in [2.45, 2.75) is 26.4 Å². The highest BCUT2D eigenvalue weighted by atomic mass is 16.6. The van der Waals surface area contributed by atoms with E-state index in [1.807, 2.05) is 35.1 Å². The topological polar surface area (TPSA) is 48.3 Å². The summed E-state index contributed by atoms with van der Waals surface area (Å²) in [6, 6.07) is 8.31. The van der Waals surface area contributed by atoms with Crippen LogP contribution in [0.25, 0.3) is 0 Å². The van der Waals surface area contributed by atoms with Gasteiger partial charge in [0.15, 0.2) is 11.5 Å². The lowest BCUT2D eigenvalue weighted by molar-refractivity contribution is 0.171. The van der Waals surface area contributed by atoms with E-state index in [0.717, 1.165) is 22.9 Å². The van der Waals surface area contributed by atoms with Crippen LogP contribution in [0.15, 0.2) is 30.5 Å². The normalized spacial score (nSPS) is 13.6. The lowest BCUT2D eigenvalue weighted by Gasteiger charge is -2.19. The predicted molar refractivity (Wildman–Crippen MR) is 77.4 cm³/mol. The molecular formula is C15H19N3O2. The fraction of sp³-hybridized carbons (Fsp3) is 0.400. The van der Waals surface area contributed by atoms with Crippen molar-refractivity contribution in [1.82, 2.24) is 9.78 Å². The number of nitrogens with zero attached hydrogens (tertiary/aromatic N) is 2. The van der Waals surface area contributed by atoms with Crippen molar-refractivity contribution < 1.29 is 9.47 Å². The van der Waals surface area contributed by atoms with Gasteiger partial charge in [0.1, 0.15) is 13.2 Å². The van der Waals surface area contributed by atoms with Gasteiger partial charge in [-0.3, -0.25) is 4.68 Å². The molecule has 106 valence electrons. The fourth-order valence-electron chi connectivity index (χ4n) is 2.11. The molecule has 1 N–H and O–H groups in total. The van der Waals surface area contributed by atoms with Crippen LogP contribution in [0.2, 0.25) is 0 Å². The van der Waals surface area contributed by atoms with Gasteiger partial charge >= 0.3 is 0 Å². The van der Waals surface area contributed by atoms with Crippen LogP contribution in [0.4, 0.5) is 5.69 Å². The summed E-state index contributed by atoms with van der Waals surface area (Å²) in [5, 5.41) is 7.86. The van der Waals surface area contributed by atoms with Crippen molar-refractivity contribution in [2.24, 2.45) is 0 Å². The summed E-state index contributed by atoms with van der Waals surface area (Å²) in [6.45, 7) is 6.15. The highest BCUT2D eigenvalue weighted by molar-refractivity contribution is 5.55. The minimum atomic E-state index is 0.387. The number of benzene rings is 1. The van der Waals surface area contributed by atoms with Crippen LogP contribution in [-0.4, -0.2) is 23.0 Å². The summed E-state index contributed by atoms with van der Waals surface area (Å²) < 4.78 is 13.0. The Hall–Kier alpha value is -2.17. The SMILES string of the molecule is CC(C)n1ccc(CNc2ccc3c(c2)OCCO3)n1. The molecule has 0 saturated carbocycles. The number of nitrogens with one attached hydrogen (secondary N) is 1. The third-order valence-electron chi connectivity index (χ3n) is 3.21. The molecule has 0 aliphatic carbocycles. The molecule has 0 bridgehead atoms. The van der Waals surface area contributed by atoms with E-state index in [1.54, 1.807) is 0 Å². The molecular weight excluding hydrogens is 254 g/mol. The van der Waals surface area contributed by atoms with Gasteiger partial charge in [-0.25, -0.2) is 0 Å². The van der Waals surface area contributed by atoms with Gasteiger partial charge in [-0.15, -0.1) is 0 Å². The molecule has 0 unspecified atom stereocenters. The number of fused-ring (bicyclic) bond motifs is 1. The van der Waals surface area contributed by atoms with E-state index in [2.05, 4.69) is 24.3 Å². The molecule has 0 spiro atoms. The van der Waals surface area contributed by atoms with E-state index in [-0.39, 0.29) is 0 Å². The van der Waals surface area contributed by atoms with Gasteiger partial charge in [-0.1, -0.05) is 0 Å². The van der Waals surface area contributed by atoms with E-state index in [9.17, 15) is 0 Å². The van der Waals surface area contributed by atoms with E-state index < -0.39 is 0 Å². The zero-order valence-electron chi connectivity index (χ0n) is 11.8. The first kappa shape index (κ1) is 12.8. The van der Waals surface area contributed by atoms with Crippen molar-refractivity contribution in [3.63, 3.8) is 0 Å². The lowest BCUT2D eigenvalue weighted by Crippen LogP contribution is -2.15. The average Bonchev–Trinajstić information content (AvgIpc) is 2.94. The van der Waals surface area contributed by atoms with Crippen LogP contribution in [0.3, 0.4) is 0 Å². The maximum Gasteiger partial charge on any atom is 0.163 e. The highest BCUT2D eigenvalue weighted by Gasteiger charge is 2.11. The van der Waals surface area contributed by atoms with Gasteiger partial charge in [0.2, 0.25) is 0 Å². The Morgan fingerprint density at radius 1 is 1.20 bits per heavy atom. The van der Waals surface area contributed by atoms with E-state index >= 15 is 0 Å². The van der Waals surface area contributed by atoms with Crippen LogP contribution in [0.1, 0.15) is 25.6 Å². The van der Waals surface area contributed by atoms with Gasteiger partial charge in [-0.05, 0) is 32.0 Å². The third-order valence-corrected chi connectivity index (χ3v) is 3.21. The number of aromatic nitrogens is 2.